The molecule has 24 heavy (non-hydrogen) atoms. The molecule has 2 aromatic rings. The predicted octanol–water partition coefficient (Wildman–Crippen LogP) is 3.03. The van der Waals surface area contributed by atoms with E-state index in [0.29, 0.717) is 14.9 Å². The molecule has 0 saturated heterocycles. The van der Waals surface area contributed by atoms with Crippen LogP contribution in [0.25, 0.3) is 0 Å². The smallest absolute Gasteiger partial charge is 0.276 e. The van der Waals surface area contributed by atoms with E-state index >= 15 is 0 Å². The number of hydrogen-bond acceptors (Lipinski definition) is 5. The van der Waals surface area contributed by atoms with Gasteiger partial charge in [-0.15, -0.1) is 0 Å². The van der Waals surface area contributed by atoms with Gasteiger partial charge in [0.1, 0.15) is 11.2 Å². The quantitative estimate of drug-likeness (QED) is 0.820. The molecular formula is C16H10ClNO5S. The summed E-state index contributed by atoms with van der Waals surface area (Å²) in [7, 11) is -4.02. The van der Waals surface area contributed by atoms with Crippen molar-refractivity contribution < 1.29 is 22.7 Å². The van der Waals surface area contributed by atoms with Gasteiger partial charge in [-0.2, -0.15) is 4.31 Å². The molecule has 0 aliphatic carbocycles. The third-order valence-corrected chi connectivity index (χ3v) is 5.78. The van der Waals surface area contributed by atoms with Gasteiger partial charge in [0.2, 0.25) is 0 Å². The van der Waals surface area contributed by atoms with Crippen molar-refractivity contribution in [3.63, 3.8) is 0 Å². The summed E-state index contributed by atoms with van der Waals surface area (Å²) in [4.78, 5) is 12.4. The summed E-state index contributed by atoms with van der Waals surface area (Å²) >= 11 is 6.09. The van der Waals surface area contributed by atoms with Gasteiger partial charge in [-0.25, -0.2) is 8.42 Å². The van der Waals surface area contributed by atoms with Crippen molar-refractivity contribution in [3.05, 3.63) is 76.8 Å². The number of nitrogens with zero attached hydrogens (tertiary/aromatic N) is 1. The van der Waals surface area contributed by atoms with Crippen molar-refractivity contribution in [2.45, 2.75) is 11.2 Å². The highest BCUT2D eigenvalue weighted by Gasteiger charge is 2.46. The summed E-state index contributed by atoms with van der Waals surface area (Å²) in [6, 6.07) is 12.8. The van der Waals surface area contributed by atoms with Gasteiger partial charge < -0.3 is 9.47 Å². The fraction of sp³-hybridized carbons (Fsp3) is 0.0625. The Morgan fingerprint density at radius 3 is 2.50 bits per heavy atom. The molecular weight excluding hydrogens is 354 g/mol. The zero-order chi connectivity index (χ0) is 16.9. The first kappa shape index (κ1) is 15.0. The Kier molecular flexibility index (Phi) is 3.29. The summed E-state index contributed by atoms with van der Waals surface area (Å²) in [5.74, 6) is -0.874. The molecule has 6 nitrogen and oxygen atoms in total. The zero-order valence-electron chi connectivity index (χ0n) is 12.0. The molecule has 1 amide bonds. The van der Waals surface area contributed by atoms with E-state index in [1.807, 2.05) is 0 Å². The van der Waals surface area contributed by atoms with Crippen molar-refractivity contribution >= 4 is 27.5 Å². The Balaban J connectivity index is 1.67. The third-order valence-electron chi connectivity index (χ3n) is 3.70. The molecule has 1 atom stereocenters. The van der Waals surface area contributed by atoms with E-state index in [-0.39, 0.29) is 16.3 Å². The molecule has 0 spiro atoms. The van der Waals surface area contributed by atoms with E-state index < -0.39 is 22.2 Å². The summed E-state index contributed by atoms with van der Waals surface area (Å²) in [5, 5.41) is 0.413. The molecule has 0 aromatic heterocycles. The minimum Gasteiger partial charge on any atom is -0.453 e. The monoisotopic (exact) mass is 363 g/mol. The topological polar surface area (TPSA) is 72.9 Å². The number of ether oxygens (including phenoxy) is 2. The molecule has 0 bridgehead atoms. The number of fused-ring (bicyclic) bond motifs is 1. The van der Waals surface area contributed by atoms with Crippen LogP contribution < -0.4 is 0 Å². The van der Waals surface area contributed by atoms with Gasteiger partial charge in [0.25, 0.3) is 28.1 Å². The maximum atomic E-state index is 12.6. The van der Waals surface area contributed by atoms with E-state index in [2.05, 4.69) is 0 Å². The lowest BCUT2D eigenvalue weighted by atomic mass is 10.2. The molecule has 0 saturated carbocycles. The zero-order valence-corrected chi connectivity index (χ0v) is 13.6. The highest BCUT2D eigenvalue weighted by molar-refractivity contribution is 7.90. The predicted molar refractivity (Wildman–Crippen MR) is 84.2 cm³/mol. The van der Waals surface area contributed by atoms with Crippen molar-refractivity contribution in [2.75, 3.05) is 0 Å². The van der Waals surface area contributed by atoms with Gasteiger partial charge in [-0.3, -0.25) is 4.79 Å². The lowest BCUT2D eigenvalue weighted by Crippen LogP contribution is -2.29. The van der Waals surface area contributed by atoms with Gasteiger partial charge in [-0.1, -0.05) is 41.9 Å². The van der Waals surface area contributed by atoms with Crippen molar-refractivity contribution in [2.24, 2.45) is 0 Å². The van der Waals surface area contributed by atoms with Crippen LogP contribution in [0.3, 0.4) is 0 Å². The Morgan fingerprint density at radius 1 is 1.04 bits per heavy atom. The second kappa shape index (κ2) is 5.25. The lowest BCUT2D eigenvalue weighted by Gasteiger charge is -2.17. The van der Waals surface area contributed by atoms with Gasteiger partial charge in [0.15, 0.2) is 0 Å². The summed E-state index contributed by atoms with van der Waals surface area (Å²) in [6.45, 7) is 0. The number of rotatable bonds is 2. The van der Waals surface area contributed by atoms with Crippen LogP contribution in [0.4, 0.5) is 0 Å². The fourth-order valence-electron chi connectivity index (χ4n) is 2.59. The molecule has 0 fully saturated rings. The van der Waals surface area contributed by atoms with E-state index in [0.717, 1.165) is 6.26 Å². The van der Waals surface area contributed by atoms with Crippen LogP contribution in [-0.4, -0.2) is 18.6 Å². The lowest BCUT2D eigenvalue weighted by molar-refractivity contribution is -0.0428. The molecule has 4 rings (SSSR count). The molecule has 2 aliphatic heterocycles. The molecule has 0 radical (unpaired) electrons. The van der Waals surface area contributed by atoms with Crippen molar-refractivity contribution in [3.8, 4) is 0 Å². The number of halogens is 1. The Hall–Kier alpha value is -2.51. The highest BCUT2D eigenvalue weighted by Crippen LogP contribution is 2.39. The van der Waals surface area contributed by atoms with E-state index in [9.17, 15) is 13.2 Å². The summed E-state index contributed by atoms with van der Waals surface area (Å²) in [6.07, 6.45) is 0.190. The van der Waals surface area contributed by atoms with Gasteiger partial charge >= 0.3 is 0 Å². The maximum Gasteiger partial charge on any atom is 0.276 e. The molecule has 2 aromatic carbocycles. The second-order valence-electron chi connectivity index (χ2n) is 5.13. The Morgan fingerprint density at radius 2 is 1.75 bits per heavy atom. The number of benzene rings is 2. The van der Waals surface area contributed by atoms with Gasteiger partial charge in [0, 0.05) is 0 Å². The Bertz CT molecular complexity index is 985. The van der Waals surface area contributed by atoms with Crippen LogP contribution in [-0.2, 0) is 19.5 Å². The first-order chi connectivity index (χ1) is 11.5. The molecule has 1 unspecified atom stereocenters. The molecule has 8 heteroatoms. The van der Waals surface area contributed by atoms with Crippen LogP contribution >= 0.6 is 11.6 Å². The fourth-order valence-corrected chi connectivity index (χ4v) is 4.33. The van der Waals surface area contributed by atoms with Crippen LogP contribution in [0.1, 0.15) is 22.2 Å². The average Bonchev–Trinajstić information content (AvgIpc) is 3.10. The SMILES string of the molecule is O=C1c2ccccc2S(=O)(=O)N1C1=COC(c2ccccc2Cl)O1. The number of hydrogen-bond donors (Lipinski definition) is 0. The van der Waals surface area contributed by atoms with Crippen molar-refractivity contribution in [1.82, 2.24) is 4.31 Å². The van der Waals surface area contributed by atoms with Gasteiger partial charge in [-0.05, 0) is 18.2 Å². The molecule has 2 heterocycles. The van der Waals surface area contributed by atoms with Crippen molar-refractivity contribution in [1.29, 1.82) is 0 Å². The van der Waals surface area contributed by atoms with E-state index in [1.165, 1.54) is 12.1 Å². The maximum absolute atomic E-state index is 12.6. The third kappa shape index (κ3) is 2.09. The first-order valence-corrected chi connectivity index (χ1v) is 8.77. The van der Waals surface area contributed by atoms with Gasteiger partial charge in [0.05, 0.1) is 16.1 Å². The average molecular weight is 364 g/mol. The van der Waals surface area contributed by atoms with E-state index in [1.54, 1.807) is 36.4 Å². The standard InChI is InChI=1S/C16H10ClNO5S/c17-12-7-3-1-5-10(12)16-22-9-14(23-16)18-15(19)11-6-2-4-8-13(11)24(18,20)21/h1-9,16H. The summed E-state index contributed by atoms with van der Waals surface area (Å²) < 4.78 is 36.7. The summed E-state index contributed by atoms with van der Waals surface area (Å²) in [5.41, 5.74) is 0.634. The molecule has 2 aliphatic rings. The molecule has 0 N–H and O–H groups in total. The first-order valence-electron chi connectivity index (χ1n) is 6.95. The highest BCUT2D eigenvalue weighted by atomic mass is 35.5. The number of sulfonamides is 1. The number of carbonyl (C=O) groups excluding carboxylic acids is 1. The minimum atomic E-state index is -4.02. The molecule has 122 valence electrons. The van der Waals surface area contributed by atoms with Crippen LogP contribution in [0, 0.1) is 0 Å². The van der Waals surface area contributed by atoms with E-state index in [4.69, 9.17) is 21.1 Å². The van der Waals surface area contributed by atoms with Crippen LogP contribution in [0.2, 0.25) is 5.02 Å². The number of amides is 1. The normalized spacial score (nSPS) is 21.0. The van der Waals surface area contributed by atoms with Crippen LogP contribution in [0.5, 0.6) is 0 Å². The minimum absolute atomic E-state index is 0.0549. The van der Waals surface area contributed by atoms with Crippen LogP contribution in [0.15, 0.2) is 65.6 Å². The number of carbonyl (C=O) groups is 1. The largest absolute Gasteiger partial charge is 0.453 e. The second-order valence-corrected chi connectivity index (χ2v) is 7.30. The Labute approximate surface area is 142 Å².